The van der Waals surface area contributed by atoms with Crippen molar-refractivity contribution in [2.75, 3.05) is 26.8 Å². The number of rotatable bonds is 6. The largest absolute Gasteiger partial charge is 0.383 e. The lowest BCUT2D eigenvalue weighted by atomic mass is 10.2. The lowest BCUT2D eigenvalue weighted by Gasteiger charge is -2.22. The maximum Gasteiger partial charge on any atom is 0.262 e. The summed E-state index contributed by atoms with van der Waals surface area (Å²) in [5.41, 5.74) is -0.0852. The van der Waals surface area contributed by atoms with Gasteiger partial charge in [-0.1, -0.05) is 23.2 Å². The number of ether oxygens (including phenoxy) is 1. The second-order valence-electron chi connectivity index (χ2n) is 4.05. The van der Waals surface area contributed by atoms with Crippen LogP contribution in [-0.2, 0) is 13.8 Å². The zero-order valence-electron chi connectivity index (χ0n) is 11.4. The Morgan fingerprint density at radius 3 is 2.43 bits per heavy atom. The van der Waals surface area contributed by atoms with Gasteiger partial charge in [-0.3, -0.25) is 4.79 Å². The minimum atomic E-state index is -4.07. The molecule has 0 saturated carbocycles. The van der Waals surface area contributed by atoms with Crippen molar-refractivity contribution >= 4 is 48.8 Å². The normalized spacial score (nSPS) is 11.5. The van der Waals surface area contributed by atoms with Crippen LogP contribution in [0.15, 0.2) is 17.0 Å². The molecule has 0 aliphatic rings. The van der Waals surface area contributed by atoms with Gasteiger partial charge in [-0.2, -0.15) is 0 Å². The van der Waals surface area contributed by atoms with Gasteiger partial charge in [-0.15, -0.1) is 0 Å². The van der Waals surface area contributed by atoms with E-state index in [4.69, 9.17) is 38.6 Å². The van der Waals surface area contributed by atoms with Gasteiger partial charge in [-0.25, -0.2) is 8.42 Å². The van der Waals surface area contributed by atoms with Crippen LogP contribution in [-0.4, -0.2) is 46.0 Å². The van der Waals surface area contributed by atoms with Gasteiger partial charge < -0.3 is 9.64 Å². The minimum Gasteiger partial charge on any atom is -0.383 e. The SMILES string of the molecule is CCN(CCOC)C(=O)c1c(Cl)ccc(S(=O)(=O)Cl)c1Cl. The summed E-state index contributed by atoms with van der Waals surface area (Å²) in [6.07, 6.45) is 0. The number of amides is 1. The predicted molar refractivity (Wildman–Crippen MR) is 83.0 cm³/mol. The molecule has 5 nitrogen and oxygen atoms in total. The molecule has 0 heterocycles. The molecule has 0 atom stereocenters. The van der Waals surface area contributed by atoms with Gasteiger partial charge in [-0.05, 0) is 19.1 Å². The third-order valence-corrected chi connectivity index (χ3v) is 4.95. The van der Waals surface area contributed by atoms with Crippen LogP contribution in [0.1, 0.15) is 17.3 Å². The Labute approximate surface area is 138 Å². The Balaban J connectivity index is 3.32. The summed E-state index contributed by atoms with van der Waals surface area (Å²) in [5.74, 6) is -0.480. The molecular formula is C12H14Cl3NO4S. The van der Waals surface area contributed by atoms with Crippen LogP contribution in [0.2, 0.25) is 10.0 Å². The van der Waals surface area contributed by atoms with Crippen molar-refractivity contribution in [2.45, 2.75) is 11.8 Å². The molecule has 0 aliphatic carbocycles. The number of likely N-dealkylation sites (N-methyl/N-ethyl adjacent to an activating group) is 1. The summed E-state index contributed by atoms with van der Waals surface area (Å²) in [6, 6.07) is 2.44. The maximum absolute atomic E-state index is 12.5. The summed E-state index contributed by atoms with van der Waals surface area (Å²) in [5, 5.41) is -0.219. The fraction of sp³-hybridized carbons (Fsp3) is 0.417. The Kier molecular flexibility index (Phi) is 6.74. The van der Waals surface area contributed by atoms with E-state index in [1.165, 1.54) is 18.1 Å². The Hall–Kier alpha value is -0.530. The molecular weight excluding hydrogens is 361 g/mol. The Morgan fingerprint density at radius 1 is 1.33 bits per heavy atom. The van der Waals surface area contributed by atoms with E-state index in [-0.39, 0.29) is 20.5 Å². The van der Waals surface area contributed by atoms with Crippen LogP contribution >= 0.6 is 33.9 Å². The Morgan fingerprint density at radius 2 is 1.95 bits per heavy atom. The lowest BCUT2D eigenvalue weighted by Crippen LogP contribution is -2.34. The third kappa shape index (κ3) is 4.47. The molecule has 1 aromatic carbocycles. The molecule has 1 amide bonds. The van der Waals surface area contributed by atoms with E-state index in [1.54, 1.807) is 6.92 Å². The van der Waals surface area contributed by atoms with Crippen molar-refractivity contribution in [3.05, 3.63) is 27.7 Å². The van der Waals surface area contributed by atoms with E-state index < -0.39 is 15.0 Å². The molecule has 1 rings (SSSR count). The van der Waals surface area contributed by atoms with Crippen molar-refractivity contribution in [1.29, 1.82) is 0 Å². The van der Waals surface area contributed by atoms with Gasteiger partial charge in [0.1, 0.15) is 4.90 Å². The van der Waals surface area contributed by atoms with Gasteiger partial charge in [0, 0.05) is 30.9 Å². The first-order chi connectivity index (χ1) is 9.73. The van der Waals surface area contributed by atoms with E-state index in [9.17, 15) is 13.2 Å². The highest BCUT2D eigenvalue weighted by Gasteiger charge is 2.26. The number of methoxy groups -OCH3 is 1. The molecule has 118 valence electrons. The fourth-order valence-electron chi connectivity index (χ4n) is 1.68. The third-order valence-electron chi connectivity index (χ3n) is 2.77. The number of nitrogens with zero attached hydrogens (tertiary/aromatic N) is 1. The van der Waals surface area contributed by atoms with Crippen molar-refractivity contribution in [3.8, 4) is 0 Å². The molecule has 0 saturated heterocycles. The van der Waals surface area contributed by atoms with Gasteiger partial charge in [0.05, 0.1) is 22.2 Å². The molecule has 0 fully saturated rings. The summed E-state index contributed by atoms with van der Waals surface area (Å²) in [4.78, 5) is 13.6. The number of benzene rings is 1. The predicted octanol–water partition coefficient (Wildman–Crippen LogP) is 3.03. The molecule has 0 N–H and O–H groups in total. The number of halogens is 3. The van der Waals surface area contributed by atoms with E-state index in [2.05, 4.69) is 0 Å². The van der Waals surface area contributed by atoms with Gasteiger partial charge in [0.25, 0.3) is 15.0 Å². The first kappa shape index (κ1) is 18.5. The molecule has 0 bridgehead atoms. The van der Waals surface area contributed by atoms with Crippen LogP contribution in [0.4, 0.5) is 0 Å². The minimum absolute atomic E-state index is 0.0601. The van der Waals surface area contributed by atoms with Gasteiger partial charge >= 0.3 is 0 Å². The highest BCUT2D eigenvalue weighted by Crippen LogP contribution is 2.33. The molecule has 21 heavy (non-hydrogen) atoms. The highest BCUT2D eigenvalue weighted by atomic mass is 35.7. The molecule has 0 radical (unpaired) electrons. The Bertz CT molecular complexity index is 634. The summed E-state index contributed by atoms with van der Waals surface area (Å²) < 4.78 is 27.8. The fourth-order valence-corrected chi connectivity index (χ4v) is 3.57. The van der Waals surface area contributed by atoms with Crippen molar-refractivity contribution in [2.24, 2.45) is 0 Å². The summed E-state index contributed by atoms with van der Waals surface area (Å²) >= 11 is 12.0. The maximum atomic E-state index is 12.5. The molecule has 1 aromatic rings. The summed E-state index contributed by atoms with van der Waals surface area (Å²) in [7, 11) is 2.73. The molecule has 9 heteroatoms. The van der Waals surface area contributed by atoms with Gasteiger partial charge in [0.15, 0.2) is 0 Å². The van der Waals surface area contributed by atoms with Crippen LogP contribution in [0, 0.1) is 0 Å². The standard InChI is InChI=1S/C12H14Cl3NO4S/c1-3-16(6-7-20-2)12(17)10-8(13)4-5-9(11(10)14)21(15,18)19/h4-5H,3,6-7H2,1-2H3. The molecule has 0 aromatic heterocycles. The second-order valence-corrected chi connectivity index (χ2v) is 7.37. The first-order valence-corrected chi connectivity index (χ1v) is 9.01. The number of carbonyl (C=O) groups excluding carboxylic acids is 1. The second kappa shape index (κ2) is 7.65. The van der Waals surface area contributed by atoms with Crippen molar-refractivity contribution < 1.29 is 17.9 Å². The number of hydrogen-bond acceptors (Lipinski definition) is 4. The van der Waals surface area contributed by atoms with Crippen LogP contribution in [0.25, 0.3) is 0 Å². The van der Waals surface area contributed by atoms with E-state index in [1.807, 2.05) is 0 Å². The average molecular weight is 375 g/mol. The van der Waals surface area contributed by atoms with Crippen molar-refractivity contribution in [3.63, 3.8) is 0 Å². The molecule has 0 spiro atoms. The lowest BCUT2D eigenvalue weighted by molar-refractivity contribution is 0.0706. The van der Waals surface area contributed by atoms with E-state index in [0.717, 1.165) is 6.07 Å². The first-order valence-electron chi connectivity index (χ1n) is 5.94. The van der Waals surface area contributed by atoms with Crippen LogP contribution < -0.4 is 0 Å². The quantitative estimate of drug-likeness (QED) is 0.718. The van der Waals surface area contributed by atoms with Crippen LogP contribution in [0.3, 0.4) is 0 Å². The monoisotopic (exact) mass is 373 g/mol. The molecule has 0 aliphatic heterocycles. The number of carbonyl (C=O) groups is 1. The van der Waals surface area contributed by atoms with Gasteiger partial charge in [0.2, 0.25) is 0 Å². The topological polar surface area (TPSA) is 63.7 Å². The summed E-state index contributed by atoms with van der Waals surface area (Å²) in [6.45, 7) is 2.84. The number of hydrogen-bond donors (Lipinski definition) is 0. The van der Waals surface area contributed by atoms with Crippen LogP contribution in [0.5, 0.6) is 0 Å². The zero-order valence-corrected chi connectivity index (χ0v) is 14.5. The smallest absolute Gasteiger partial charge is 0.262 e. The molecule has 0 unspecified atom stereocenters. The zero-order chi connectivity index (χ0) is 16.2. The van der Waals surface area contributed by atoms with Crippen molar-refractivity contribution in [1.82, 2.24) is 4.90 Å². The average Bonchev–Trinajstić information content (AvgIpc) is 2.38. The van der Waals surface area contributed by atoms with E-state index >= 15 is 0 Å². The highest BCUT2D eigenvalue weighted by molar-refractivity contribution is 8.13. The van der Waals surface area contributed by atoms with E-state index in [0.29, 0.717) is 19.7 Å².